The number of aryl methyl sites for hydroxylation is 1. The van der Waals surface area contributed by atoms with E-state index < -0.39 is 0 Å². The molecule has 0 atom stereocenters. The maximum atomic E-state index is 11.3. The Morgan fingerprint density at radius 3 is 3.06 bits per heavy atom. The number of thioether (sulfide) groups is 1. The molecule has 0 radical (unpaired) electrons. The topological polar surface area (TPSA) is 32.7 Å². The zero-order valence-electron chi connectivity index (χ0n) is 9.22. The van der Waals surface area contributed by atoms with E-state index in [1.54, 1.807) is 23.0 Å². The first-order valence-electron chi connectivity index (χ1n) is 5.28. The van der Waals surface area contributed by atoms with Gasteiger partial charge in [0.25, 0.3) is 0 Å². The largest absolute Gasteiger partial charge is 0.273 e. The first-order valence-corrected chi connectivity index (χ1v) is 6.26. The molecular formula is C12H14N2OS. The van der Waals surface area contributed by atoms with Crippen LogP contribution in [0.5, 0.6) is 0 Å². The first kappa shape index (κ1) is 11.2. The van der Waals surface area contributed by atoms with Crippen molar-refractivity contribution in [2.75, 3.05) is 12.3 Å². The quantitative estimate of drug-likeness (QED) is 0.749. The smallest absolute Gasteiger partial charge is 0.248 e. The predicted molar refractivity (Wildman–Crippen MR) is 66.7 cm³/mol. The van der Waals surface area contributed by atoms with E-state index in [2.05, 4.69) is 36.3 Å². The number of rotatable bonds is 4. The van der Waals surface area contributed by atoms with Crippen molar-refractivity contribution >= 4 is 23.9 Å². The van der Waals surface area contributed by atoms with E-state index in [0.717, 1.165) is 5.75 Å². The Hall–Kier alpha value is -1.29. The summed E-state index contributed by atoms with van der Waals surface area (Å²) in [5, 5.41) is 5.56. The van der Waals surface area contributed by atoms with Crippen molar-refractivity contribution in [3.05, 3.63) is 29.8 Å². The van der Waals surface area contributed by atoms with Gasteiger partial charge in [-0.25, -0.2) is 5.01 Å². The molecule has 1 heterocycles. The van der Waals surface area contributed by atoms with Gasteiger partial charge in [0, 0.05) is 16.9 Å². The molecule has 1 aromatic rings. The van der Waals surface area contributed by atoms with Gasteiger partial charge >= 0.3 is 0 Å². The van der Waals surface area contributed by atoms with Crippen LogP contribution in [0.15, 0.2) is 34.3 Å². The third-order valence-corrected chi connectivity index (χ3v) is 3.31. The summed E-state index contributed by atoms with van der Waals surface area (Å²) in [6, 6.07) is 8.38. The average Bonchev–Trinajstić information content (AvgIpc) is 2.65. The number of hydrazone groups is 1. The summed E-state index contributed by atoms with van der Waals surface area (Å²) < 4.78 is 0. The Kier molecular flexibility index (Phi) is 3.62. The molecule has 0 N–H and O–H groups in total. The Labute approximate surface area is 99.5 Å². The van der Waals surface area contributed by atoms with Gasteiger partial charge in [0.2, 0.25) is 5.91 Å². The lowest BCUT2D eigenvalue weighted by Gasteiger charge is -2.11. The second-order valence-electron chi connectivity index (χ2n) is 3.68. The molecule has 16 heavy (non-hydrogen) atoms. The highest BCUT2D eigenvalue weighted by Gasteiger charge is 2.15. The number of amides is 1. The van der Waals surface area contributed by atoms with Crippen LogP contribution in [-0.2, 0) is 4.79 Å². The molecule has 0 aliphatic carbocycles. The van der Waals surface area contributed by atoms with Crippen molar-refractivity contribution in [3.8, 4) is 0 Å². The molecule has 4 heteroatoms. The third kappa shape index (κ3) is 2.85. The highest BCUT2D eigenvalue weighted by molar-refractivity contribution is 7.99. The molecule has 0 aromatic heterocycles. The van der Waals surface area contributed by atoms with Gasteiger partial charge in [-0.3, -0.25) is 4.79 Å². The summed E-state index contributed by atoms with van der Waals surface area (Å²) >= 11 is 1.76. The molecule has 0 unspecified atom stereocenters. The van der Waals surface area contributed by atoms with Gasteiger partial charge in [-0.2, -0.15) is 5.10 Å². The minimum absolute atomic E-state index is 0.102. The van der Waals surface area contributed by atoms with Gasteiger partial charge < -0.3 is 0 Å². The summed E-state index contributed by atoms with van der Waals surface area (Å²) in [5.74, 6) is 0.983. The predicted octanol–water partition coefficient (Wildman–Crippen LogP) is 2.31. The van der Waals surface area contributed by atoms with Gasteiger partial charge in [0.05, 0.1) is 13.0 Å². The van der Waals surface area contributed by atoms with Crippen LogP contribution in [0.25, 0.3) is 0 Å². The van der Waals surface area contributed by atoms with E-state index in [1.165, 1.54) is 10.5 Å². The lowest BCUT2D eigenvalue weighted by molar-refractivity contribution is -0.128. The molecule has 0 saturated heterocycles. The highest BCUT2D eigenvalue weighted by Crippen LogP contribution is 2.19. The lowest BCUT2D eigenvalue weighted by Crippen LogP contribution is -2.23. The zero-order valence-corrected chi connectivity index (χ0v) is 10.0. The minimum atomic E-state index is 0.102. The lowest BCUT2D eigenvalue weighted by atomic mass is 10.2. The van der Waals surface area contributed by atoms with E-state index in [9.17, 15) is 4.79 Å². The number of hydrogen-bond acceptors (Lipinski definition) is 3. The molecule has 1 aromatic carbocycles. The minimum Gasteiger partial charge on any atom is -0.273 e. The Balaban J connectivity index is 1.80. The van der Waals surface area contributed by atoms with Crippen LogP contribution in [0.1, 0.15) is 12.0 Å². The van der Waals surface area contributed by atoms with Crippen LogP contribution < -0.4 is 0 Å². The van der Waals surface area contributed by atoms with Gasteiger partial charge in [-0.05, 0) is 19.1 Å². The Morgan fingerprint density at radius 2 is 2.38 bits per heavy atom. The van der Waals surface area contributed by atoms with Crippen molar-refractivity contribution in [1.29, 1.82) is 0 Å². The fourth-order valence-electron chi connectivity index (χ4n) is 1.52. The molecule has 1 amide bonds. The molecule has 0 spiro atoms. The van der Waals surface area contributed by atoms with Gasteiger partial charge in [0.1, 0.15) is 0 Å². The van der Waals surface area contributed by atoms with Crippen LogP contribution in [0, 0.1) is 6.92 Å². The fraction of sp³-hybridized carbons (Fsp3) is 0.333. The third-order valence-electron chi connectivity index (χ3n) is 2.34. The molecule has 84 valence electrons. The summed E-state index contributed by atoms with van der Waals surface area (Å²) in [6.45, 7) is 2.77. The first-order chi connectivity index (χ1) is 7.75. The highest BCUT2D eigenvalue weighted by atomic mass is 32.2. The normalized spacial score (nSPS) is 14.8. The zero-order chi connectivity index (χ0) is 11.4. The van der Waals surface area contributed by atoms with E-state index in [-0.39, 0.29) is 5.91 Å². The SMILES string of the molecule is Cc1cccc(SCCN2N=CCC2=O)c1. The van der Waals surface area contributed by atoms with E-state index in [0.29, 0.717) is 13.0 Å². The van der Waals surface area contributed by atoms with Gasteiger partial charge in [-0.15, -0.1) is 11.8 Å². The molecule has 0 bridgehead atoms. The van der Waals surface area contributed by atoms with Crippen molar-refractivity contribution in [1.82, 2.24) is 5.01 Å². The fourth-order valence-corrected chi connectivity index (χ4v) is 2.47. The maximum Gasteiger partial charge on any atom is 0.248 e. The number of nitrogens with zero attached hydrogens (tertiary/aromatic N) is 2. The number of hydrogen-bond donors (Lipinski definition) is 0. The van der Waals surface area contributed by atoms with E-state index in [4.69, 9.17) is 0 Å². The monoisotopic (exact) mass is 234 g/mol. The summed E-state index contributed by atoms with van der Waals surface area (Å²) in [6.07, 6.45) is 2.12. The maximum absolute atomic E-state index is 11.3. The van der Waals surface area contributed by atoms with Crippen molar-refractivity contribution in [3.63, 3.8) is 0 Å². The van der Waals surface area contributed by atoms with Crippen molar-refractivity contribution in [2.24, 2.45) is 5.10 Å². The average molecular weight is 234 g/mol. The van der Waals surface area contributed by atoms with E-state index in [1.807, 2.05) is 0 Å². The van der Waals surface area contributed by atoms with E-state index >= 15 is 0 Å². The summed E-state index contributed by atoms with van der Waals surface area (Å²) in [4.78, 5) is 12.5. The Bertz CT molecular complexity index is 417. The van der Waals surface area contributed by atoms with Gasteiger partial charge in [-0.1, -0.05) is 17.7 Å². The standard InChI is InChI=1S/C12H14N2OS/c1-10-3-2-4-11(9-10)16-8-7-14-12(15)5-6-13-14/h2-4,6,9H,5,7-8H2,1H3. The van der Waals surface area contributed by atoms with Crippen LogP contribution in [0.4, 0.5) is 0 Å². The molecule has 1 aliphatic rings. The van der Waals surface area contributed by atoms with Crippen molar-refractivity contribution < 1.29 is 4.79 Å². The van der Waals surface area contributed by atoms with Gasteiger partial charge in [0.15, 0.2) is 0 Å². The number of benzene rings is 1. The van der Waals surface area contributed by atoms with Crippen LogP contribution in [0.2, 0.25) is 0 Å². The van der Waals surface area contributed by atoms with Crippen molar-refractivity contribution in [2.45, 2.75) is 18.2 Å². The molecule has 2 rings (SSSR count). The second kappa shape index (κ2) is 5.16. The molecule has 3 nitrogen and oxygen atoms in total. The van der Waals surface area contributed by atoms with Crippen LogP contribution >= 0.6 is 11.8 Å². The number of carbonyl (C=O) groups is 1. The Morgan fingerprint density at radius 1 is 1.50 bits per heavy atom. The summed E-state index contributed by atoms with van der Waals surface area (Å²) in [5.41, 5.74) is 1.26. The molecule has 0 saturated carbocycles. The molecule has 0 fully saturated rings. The second-order valence-corrected chi connectivity index (χ2v) is 4.85. The molecular weight excluding hydrogens is 220 g/mol. The summed E-state index contributed by atoms with van der Waals surface area (Å²) in [7, 11) is 0. The van der Waals surface area contributed by atoms with Crippen LogP contribution in [-0.4, -0.2) is 29.4 Å². The number of carbonyl (C=O) groups excluding carboxylic acids is 1. The van der Waals surface area contributed by atoms with Crippen LogP contribution in [0.3, 0.4) is 0 Å². The molecule has 1 aliphatic heterocycles.